The Kier molecular flexibility index (Phi) is 2.40. The van der Waals surface area contributed by atoms with E-state index >= 15 is 0 Å². The lowest BCUT2D eigenvalue weighted by Gasteiger charge is -2.48. The minimum Gasteiger partial charge on any atom is -0.243 e. The predicted octanol–water partition coefficient (Wildman–Crippen LogP) is 4.39. The first-order valence-electron chi connectivity index (χ1n) is 5.35. The van der Waals surface area contributed by atoms with Gasteiger partial charge in [0.2, 0.25) is 11.1 Å². The summed E-state index contributed by atoms with van der Waals surface area (Å²) in [5.41, 5.74) is -20.1. The van der Waals surface area contributed by atoms with E-state index in [0.29, 0.717) is 0 Å². The van der Waals surface area contributed by atoms with E-state index in [2.05, 4.69) is 0 Å². The Labute approximate surface area is 106 Å². The van der Waals surface area contributed by atoms with Crippen LogP contribution in [0.25, 0.3) is 0 Å². The average Bonchev–Trinajstić information content (AvgIpc) is 2.27. The number of fused-ring (bicyclic) bond motifs is 2. The van der Waals surface area contributed by atoms with E-state index in [4.69, 9.17) is 0 Å². The molecule has 2 saturated carbocycles. The molecule has 0 aliphatic heterocycles. The summed E-state index contributed by atoms with van der Waals surface area (Å²) in [5.74, 6) is -11.6. The Morgan fingerprint density at radius 3 is 1.40 bits per heavy atom. The molecule has 0 heterocycles. The molecule has 0 radical (unpaired) electrons. The quantitative estimate of drug-likeness (QED) is 0.581. The van der Waals surface area contributed by atoms with Crippen molar-refractivity contribution in [3.63, 3.8) is 0 Å². The van der Waals surface area contributed by atoms with Crippen molar-refractivity contribution in [1.29, 1.82) is 0 Å². The van der Waals surface area contributed by atoms with Crippen molar-refractivity contribution in [3.8, 4) is 0 Å². The third-order valence-corrected chi connectivity index (χ3v) is 4.54. The maximum Gasteiger partial charge on any atom is 0.406 e. The van der Waals surface area contributed by atoms with Crippen molar-refractivity contribution >= 4 is 0 Å². The third-order valence-electron chi connectivity index (χ3n) is 4.54. The van der Waals surface area contributed by atoms with Gasteiger partial charge in [0.1, 0.15) is 5.67 Å². The molecule has 0 nitrogen and oxygen atoms in total. The summed E-state index contributed by atoms with van der Waals surface area (Å²) in [6, 6.07) is 0. The average molecular weight is 318 g/mol. The summed E-state index contributed by atoms with van der Waals surface area (Å²) >= 11 is 0. The molecule has 2 aliphatic carbocycles. The number of hydrogen-bond acceptors (Lipinski definition) is 0. The highest BCUT2D eigenvalue weighted by molar-refractivity contribution is 5.42. The molecule has 0 N–H and O–H groups in total. The summed E-state index contributed by atoms with van der Waals surface area (Å²) in [5, 5.41) is 0. The van der Waals surface area contributed by atoms with Gasteiger partial charge in [0.25, 0.3) is 0 Å². The second-order valence-electron chi connectivity index (χ2n) is 5.57. The fraction of sp³-hybridized carbons (Fsp3) is 1.00. The minimum atomic E-state index is -6.42. The zero-order valence-electron chi connectivity index (χ0n) is 9.99. The molecular weight excluding hydrogens is 310 g/mol. The maximum absolute atomic E-state index is 14.0. The normalized spacial score (nSPS) is 53.4. The monoisotopic (exact) mass is 318 g/mol. The van der Waals surface area contributed by atoms with Gasteiger partial charge in [-0.2, -0.15) is 22.0 Å². The largest absolute Gasteiger partial charge is 0.406 e. The molecule has 0 spiro atoms. The molecule has 2 bridgehead atoms. The van der Waals surface area contributed by atoms with Crippen LogP contribution in [0.15, 0.2) is 0 Å². The molecule has 0 saturated heterocycles. The van der Waals surface area contributed by atoms with Crippen molar-refractivity contribution < 1.29 is 43.9 Å². The number of hydrogen-bond donors (Lipinski definition) is 0. The zero-order chi connectivity index (χ0) is 16.2. The maximum atomic E-state index is 14.0. The number of alkyl halides is 10. The summed E-state index contributed by atoms with van der Waals surface area (Å²) in [7, 11) is 0. The van der Waals surface area contributed by atoms with Gasteiger partial charge < -0.3 is 0 Å². The third kappa shape index (κ3) is 0.985. The van der Waals surface area contributed by atoms with E-state index < -0.39 is 53.8 Å². The Morgan fingerprint density at radius 2 is 1.15 bits per heavy atom. The summed E-state index contributed by atoms with van der Waals surface area (Å²) < 4.78 is 136. The van der Waals surface area contributed by atoms with E-state index in [1.165, 1.54) is 0 Å². The van der Waals surface area contributed by atoms with Crippen molar-refractivity contribution in [2.45, 2.75) is 55.3 Å². The van der Waals surface area contributed by atoms with Crippen LogP contribution < -0.4 is 0 Å². The second kappa shape index (κ2) is 3.06. The van der Waals surface area contributed by atoms with Crippen molar-refractivity contribution in [2.75, 3.05) is 0 Å². The van der Waals surface area contributed by atoms with Crippen LogP contribution in [-0.4, -0.2) is 35.0 Å². The molecule has 2 rings (SSSR count). The zero-order valence-corrected chi connectivity index (χ0v) is 9.99. The topological polar surface area (TPSA) is 0 Å². The molecule has 0 aromatic carbocycles. The molecule has 118 valence electrons. The van der Waals surface area contributed by atoms with Crippen LogP contribution in [0.4, 0.5) is 43.9 Å². The fourth-order valence-corrected chi connectivity index (χ4v) is 3.77. The van der Waals surface area contributed by atoms with Gasteiger partial charge in [-0.3, -0.25) is 0 Å². The van der Waals surface area contributed by atoms with E-state index in [0.717, 1.165) is 0 Å². The van der Waals surface area contributed by atoms with Crippen LogP contribution in [0.3, 0.4) is 0 Å². The van der Waals surface area contributed by atoms with Crippen LogP contribution in [0.2, 0.25) is 0 Å². The van der Waals surface area contributed by atoms with Crippen LogP contribution in [0.1, 0.15) is 20.3 Å². The van der Waals surface area contributed by atoms with Gasteiger partial charge in [-0.1, -0.05) is 0 Å². The van der Waals surface area contributed by atoms with Crippen molar-refractivity contribution in [2.24, 2.45) is 5.41 Å². The molecule has 2 fully saturated rings. The first kappa shape index (κ1) is 15.7. The van der Waals surface area contributed by atoms with Gasteiger partial charge in [0, 0.05) is 6.42 Å². The fourth-order valence-electron chi connectivity index (χ4n) is 3.77. The lowest BCUT2D eigenvalue weighted by molar-refractivity contribution is -0.358. The Morgan fingerprint density at radius 1 is 0.750 bits per heavy atom. The Hall–Kier alpha value is -0.700. The van der Waals surface area contributed by atoms with Crippen LogP contribution >= 0.6 is 0 Å². The summed E-state index contributed by atoms with van der Waals surface area (Å²) in [4.78, 5) is 0. The Bertz CT molecular complexity index is 451. The van der Waals surface area contributed by atoms with E-state index in [1.54, 1.807) is 0 Å². The van der Waals surface area contributed by atoms with Gasteiger partial charge in [-0.25, -0.2) is 22.0 Å². The number of halogens is 10. The van der Waals surface area contributed by atoms with Gasteiger partial charge >= 0.3 is 18.0 Å². The molecule has 2 aliphatic rings. The molecule has 0 aromatic rings. The van der Waals surface area contributed by atoms with E-state index in [1.807, 2.05) is 0 Å². The summed E-state index contributed by atoms with van der Waals surface area (Å²) in [6.45, 7) is -0.671. The standard InChI is InChI=1S/C10H8F10/c1-4(11)3-6(13)8(14,15)5(2,12)7(4,9(6,16)17)10(18,19)20/h3H2,1-2H3. The van der Waals surface area contributed by atoms with Crippen LogP contribution in [0, 0.1) is 5.41 Å². The smallest absolute Gasteiger partial charge is 0.243 e. The molecule has 0 aromatic heterocycles. The lowest BCUT2D eigenvalue weighted by atomic mass is 9.63. The molecule has 4 atom stereocenters. The van der Waals surface area contributed by atoms with Crippen LogP contribution in [0.5, 0.6) is 0 Å². The molecule has 4 unspecified atom stereocenters. The molecular formula is C10H8F10. The van der Waals surface area contributed by atoms with E-state index in [-0.39, 0.29) is 6.92 Å². The van der Waals surface area contributed by atoms with Gasteiger partial charge in [0.05, 0.1) is 0 Å². The molecule has 10 heteroatoms. The highest BCUT2D eigenvalue weighted by Gasteiger charge is 3.08. The van der Waals surface area contributed by atoms with Crippen molar-refractivity contribution in [1.82, 2.24) is 0 Å². The van der Waals surface area contributed by atoms with Gasteiger partial charge in [-0.15, -0.1) is 0 Å². The molecule has 0 amide bonds. The Balaban J connectivity index is 2.98. The predicted molar refractivity (Wildman–Crippen MR) is 45.9 cm³/mol. The van der Waals surface area contributed by atoms with Gasteiger partial charge in [-0.05, 0) is 13.8 Å². The highest BCUT2D eigenvalue weighted by Crippen LogP contribution is 2.84. The van der Waals surface area contributed by atoms with Crippen LogP contribution in [-0.2, 0) is 0 Å². The van der Waals surface area contributed by atoms with Gasteiger partial charge in [0.15, 0.2) is 5.67 Å². The number of rotatable bonds is 0. The van der Waals surface area contributed by atoms with E-state index in [9.17, 15) is 43.9 Å². The highest BCUT2D eigenvalue weighted by atomic mass is 19.4. The summed E-state index contributed by atoms with van der Waals surface area (Å²) in [6.07, 6.45) is -8.86. The second-order valence-corrected chi connectivity index (χ2v) is 5.57. The minimum absolute atomic E-state index is 0.136. The molecule has 20 heavy (non-hydrogen) atoms. The lowest BCUT2D eigenvalue weighted by Crippen LogP contribution is -2.69. The first-order chi connectivity index (χ1) is 8.46. The SMILES string of the molecule is CC1(F)CC2(F)C(F)(F)C(C)(F)C1(C(F)(F)F)C2(F)F. The van der Waals surface area contributed by atoms with Crippen molar-refractivity contribution in [3.05, 3.63) is 0 Å². The first-order valence-corrected chi connectivity index (χ1v) is 5.35.